The third kappa shape index (κ3) is 3.50. The van der Waals surface area contributed by atoms with E-state index in [0.717, 1.165) is 5.56 Å². The Hall–Kier alpha value is -0.550. The first kappa shape index (κ1) is 14.5. The molecule has 1 rings (SSSR count). The molecule has 0 N–H and O–H groups in total. The van der Waals surface area contributed by atoms with Crippen molar-refractivity contribution in [2.75, 3.05) is 13.3 Å². The summed E-state index contributed by atoms with van der Waals surface area (Å²) in [5.74, 6) is 0. The minimum Gasteiger partial charge on any atom is -0.323 e. The van der Waals surface area contributed by atoms with Gasteiger partial charge < -0.3 is 4.57 Å². The summed E-state index contributed by atoms with van der Waals surface area (Å²) in [4.78, 5) is 0. The number of benzene rings is 1. The molecule has 0 aliphatic heterocycles. The lowest BCUT2D eigenvalue weighted by Gasteiger charge is -2.29. The van der Waals surface area contributed by atoms with E-state index >= 15 is 0 Å². The van der Waals surface area contributed by atoms with Crippen molar-refractivity contribution in [2.45, 2.75) is 32.9 Å². The summed E-state index contributed by atoms with van der Waals surface area (Å²) in [6.45, 7) is 11.8. The Morgan fingerprint density at radius 2 is 1.40 bits per heavy atom. The molecule has 0 saturated heterocycles. The van der Waals surface area contributed by atoms with Crippen LogP contribution in [0.3, 0.4) is 0 Å². The van der Waals surface area contributed by atoms with Crippen LogP contribution in [-0.4, -0.2) is 13.3 Å². The molecule has 0 aliphatic rings. The smallest absolute Gasteiger partial charge is 0.0913 e. The van der Waals surface area contributed by atoms with Gasteiger partial charge in [-0.3, -0.25) is 0 Å². The van der Waals surface area contributed by atoms with E-state index in [0.29, 0.717) is 0 Å². The first-order valence-electron chi connectivity index (χ1n) is 5.46. The molecular formula is C13H23OP. The molecule has 0 amide bonds. The van der Waals surface area contributed by atoms with E-state index in [4.69, 9.17) is 0 Å². The maximum Gasteiger partial charge on any atom is 0.0913 e. The third-order valence-corrected chi connectivity index (χ3v) is 5.78. The van der Waals surface area contributed by atoms with Gasteiger partial charge in [-0.15, -0.1) is 0 Å². The van der Waals surface area contributed by atoms with Gasteiger partial charge in [0.2, 0.25) is 0 Å². The zero-order valence-corrected chi connectivity index (χ0v) is 11.6. The summed E-state index contributed by atoms with van der Waals surface area (Å²) in [5, 5.41) is -0.214. The Labute approximate surface area is 94.3 Å². The number of rotatable bonds is 2. The van der Waals surface area contributed by atoms with Crippen LogP contribution in [0.15, 0.2) is 30.3 Å². The van der Waals surface area contributed by atoms with Gasteiger partial charge >= 0.3 is 0 Å². The lowest BCUT2D eigenvalue weighted by Crippen LogP contribution is -2.16. The maximum atomic E-state index is 12.0. The van der Waals surface area contributed by atoms with Crippen LogP contribution in [0.1, 0.15) is 33.3 Å². The van der Waals surface area contributed by atoms with E-state index in [1.807, 2.05) is 71.4 Å². The highest BCUT2D eigenvalue weighted by molar-refractivity contribution is 7.63. The average molecular weight is 226 g/mol. The Morgan fingerprint density at radius 1 is 1.00 bits per heavy atom. The molecule has 0 aliphatic carbocycles. The Bertz CT molecular complexity index is 322. The number of hydrogen-bond donors (Lipinski definition) is 0. The molecule has 0 heterocycles. The van der Waals surface area contributed by atoms with Crippen LogP contribution >= 0.6 is 7.14 Å². The van der Waals surface area contributed by atoms with Gasteiger partial charge in [0, 0.05) is 5.16 Å². The zero-order valence-electron chi connectivity index (χ0n) is 10.7. The van der Waals surface area contributed by atoms with Crippen molar-refractivity contribution in [3.05, 3.63) is 35.9 Å². The molecule has 0 unspecified atom stereocenters. The molecule has 2 heteroatoms. The Balaban J connectivity index is 0.000000921. The fourth-order valence-electron chi connectivity index (χ4n) is 1.16. The highest BCUT2D eigenvalue weighted by Gasteiger charge is 2.33. The van der Waals surface area contributed by atoms with Crippen LogP contribution in [0.2, 0.25) is 0 Å². The highest BCUT2D eigenvalue weighted by atomic mass is 31.2. The summed E-state index contributed by atoms with van der Waals surface area (Å²) < 4.78 is 12.0. The topological polar surface area (TPSA) is 17.1 Å². The van der Waals surface area contributed by atoms with Crippen molar-refractivity contribution in [1.29, 1.82) is 0 Å². The molecule has 0 bridgehead atoms. The quantitative estimate of drug-likeness (QED) is 0.675. The first-order chi connectivity index (χ1) is 6.86. The molecular weight excluding hydrogens is 203 g/mol. The molecule has 1 aromatic carbocycles. The van der Waals surface area contributed by atoms with Crippen LogP contribution in [-0.2, 0) is 9.72 Å². The van der Waals surface area contributed by atoms with E-state index in [-0.39, 0.29) is 5.16 Å². The van der Waals surface area contributed by atoms with Gasteiger partial charge in [-0.2, -0.15) is 0 Å². The minimum atomic E-state index is -2.09. The second-order valence-corrected chi connectivity index (χ2v) is 8.10. The third-order valence-electron chi connectivity index (χ3n) is 2.83. The maximum absolute atomic E-state index is 12.0. The monoisotopic (exact) mass is 226 g/mol. The van der Waals surface area contributed by atoms with Gasteiger partial charge in [0.25, 0.3) is 0 Å². The van der Waals surface area contributed by atoms with Crippen molar-refractivity contribution >= 4 is 7.14 Å². The van der Waals surface area contributed by atoms with Crippen LogP contribution < -0.4 is 0 Å². The zero-order chi connectivity index (χ0) is 12.1. The standard InChI is InChI=1S/C11H17OP.C2H6/c1-11(2,13(3,4)12)10-8-6-5-7-9-10;1-2/h5-9H,1-4H3;1-2H3. The predicted molar refractivity (Wildman–Crippen MR) is 70.3 cm³/mol. The van der Waals surface area contributed by atoms with Gasteiger partial charge in [-0.1, -0.05) is 44.2 Å². The van der Waals surface area contributed by atoms with E-state index < -0.39 is 7.14 Å². The first-order valence-corrected chi connectivity index (χ1v) is 8.06. The highest BCUT2D eigenvalue weighted by Crippen LogP contribution is 2.57. The van der Waals surface area contributed by atoms with Crippen molar-refractivity contribution in [2.24, 2.45) is 0 Å². The van der Waals surface area contributed by atoms with Crippen LogP contribution in [0, 0.1) is 0 Å². The van der Waals surface area contributed by atoms with E-state index in [1.165, 1.54) is 0 Å². The van der Waals surface area contributed by atoms with Gasteiger partial charge in [-0.25, -0.2) is 0 Å². The largest absolute Gasteiger partial charge is 0.323 e. The fraction of sp³-hybridized carbons (Fsp3) is 0.538. The lowest BCUT2D eigenvalue weighted by atomic mass is 10.0. The Kier molecular flexibility index (Phi) is 5.31. The SMILES string of the molecule is CC.CC(C)(c1ccccc1)P(C)(C)=O. The summed E-state index contributed by atoms with van der Waals surface area (Å²) in [7, 11) is -2.09. The van der Waals surface area contributed by atoms with Gasteiger partial charge in [0.05, 0.1) is 7.14 Å². The average Bonchev–Trinajstić information content (AvgIpc) is 2.20. The summed E-state index contributed by atoms with van der Waals surface area (Å²) in [6, 6.07) is 10.1. The summed E-state index contributed by atoms with van der Waals surface area (Å²) in [6.07, 6.45) is 0. The molecule has 0 atom stereocenters. The molecule has 0 spiro atoms. The number of hydrogen-bond acceptors (Lipinski definition) is 1. The van der Waals surface area contributed by atoms with Crippen molar-refractivity contribution in [3.63, 3.8) is 0 Å². The lowest BCUT2D eigenvalue weighted by molar-refractivity contribution is 0.553. The predicted octanol–water partition coefficient (Wildman–Crippen LogP) is 4.57. The fourth-order valence-corrected chi connectivity index (χ4v) is 1.93. The van der Waals surface area contributed by atoms with Gasteiger partial charge in [0.1, 0.15) is 0 Å². The van der Waals surface area contributed by atoms with Crippen molar-refractivity contribution in [1.82, 2.24) is 0 Å². The second kappa shape index (κ2) is 5.51. The van der Waals surface area contributed by atoms with Gasteiger partial charge in [0.15, 0.2) is 0 Å². The van der Waals surface area contributed by atoms with Crippen molar-refractivity contribution in [3.8, 4) is 0 Å². The molecule has 0 fully saturated rings. The van der Waals surface area contributed by atoms with Gasteiger partial charge in [-0.05, 0) is 32.7 Å². The molecule has 0 radical (unpaired) electrons. The summed E-state index contributed by atoms with van der Waals surface area (Å²) >= 11 is 0. The normalized spacial score (nSPS) is 11.6. The van der Waals surface area contributed by atoms with Crippen LogP contribution in [0.5, 0.6) is 0 Å². The van der Waals surface area contributed by atoms with Crippen LogP contribution in [0.25, 0.3) is 0 Å². The Morgan fingerprint density at radius 3 is 1.73 bits per heavy atom. The van der Waals surface area contributed by atoms with E-state index in [9.17, 15) is 4.57 Å². The molecule has 15 heavy (non-hydrogen) atoms. The van der Waals surface area contributed by atoms with Crippen molar-refractivity contribution < 1.29 is 4.57 Å². The minimum absolute atomic E-state index is 0.214. The second-order valence-electron chi connectivity index (χ2n) is 4.28. The molecule has 1 aromatic rings. The van der Waals surface area contributed by atoms with Crippen LogP contribution in [0.4, 0.5) is 0 Å². The van der Waals surface area contributed by atoms with E-state index in [1.54, 1.807) is 0 Å². The molecule has 0 saturated carbocycles. The molecule has 1 nitrogen and oxygen atoms in total. The molecule has 86 valence electrons. The molecule has 0 aromatic heterocycles. The summed E-state index contributed by atoms with van der Waals surface area (Å²) in [5.41, 5.74) is 1.16. The van der Waals surface area contributed by atoms with E-state index in [2.05, 4.69) is 0 Å².